The standard InChI is InChI=1S/C11H9BrN4O2/c12-8-9(13)6(10(14)17)5-16(11(8)18)7-3-1-2-4-15-7/h1-5H,13H2,(H2,14,17). The lowest BCUT2D eigenvalue weighted by Gasteiger charge is -2.09. The third kappa shape index (κ3) is 2.00. The maximum absolute atomic E-state index is 12.0. The van der Waals surface area contributed by atoms with E-state index in [2.05, 4.69) is 20.9 Å². The summed E-state index contributed by atoms with van der Waals surface area (Å²) in [6, 6.07) is 5.08. The van der Waals surface area contributed by atoms with Crippen molar-refractivity contribution in [2.75, 3.05) is 5.73 Å². The van der Waals surface area contributed by atoms with Crippen LogP contribution in [0, 0.1) is 0 Å². The SMILES string of the molecule is NC(=O)c1cn(-c2ccccn2)c(=O)c(Br)c1N. The fourth-order valence-electron chi connectivity index (χ4n) is 1.46. The number of carbonyl (C=O) groups excluding carboxylic acids is 1. The maximum Gasteiger partial charge on any atom is 0.272 e. The summed E-state index contributed by atoms with van der Waals surface area (Å²) in [5.41, 5.74) is 10.5. The monoisotopic (exact) mass is 308 g/mol. The number of halogens is 1. The Morgan fingerprint density at radius 2 is 2.11 bits per heavy atom. The minimum Gasteiger partial charge on any atom is -0.397 e. The van der Waals surface area contributed by atoms with Crippen LogP contribution in [0.4, 0.5) is 5.69 Å². The van der Waals surface area contributed by atoms with Gasteiger partial charge in [-0.05, 0) is 28.1 Å². The first-order valence-electron chi connectivity index (χ1n) is 4.94. The highest BCUT2D eigenvalue weighted by atomic mass is 79.9. The number of rotatable bonds is 2. The number of nitrogen functional groups attached to an aromatic ring is 1. The molecule has 92 valence electrons. The first-order valence-corrected chi connectivity index (χ1v) is 5.73. The van der Waals surface area contributed by atoms with Crippen molar-refractivity contribution < 1.29 is 4.79 Å². The fourth-order valence-corrected chi connectivity index (χ4v) is 1.86. The molecule has 0 radical (unpaired) electrons. The van der Waals surface area contributed by atoms with Gasteiger partial charge in [0.1, 0.15) is 10.3 Å². The molecule has 0 spiro atoms. The number of aromatic nitrogens is 2. The van der Waals surface area contributed by atoms with Crippen LogP contribution in [-0.4, -0.2) is 15.5 Å². The Bertz CT molecular complexity index is 667. The van der Waals surface area contributed by atoms with Gasteiger partial charge in [0.25, 0.3) is 11.5 Å². The fraction of sp³-hybridized carbons (Fsp3) is 0. The van der Waals surface area contributed by atoms with Crippen molar-refractivity contribution in [1.29, 1.82) is 0 Å². The number of nitrogens with zero attached hydrogens (tertiary/aromatic N) is 2. The summed E-state index contributed by atoms with van der Waals surface area (Å²) in [6.45, 7) is 0. The molecular formula is C11H9BrN4O2. The van der Waals surface area contributed by atoms with Crippen LogP contribution in [0.5, 0.6) is 0 Å². The lowest BCUT2D eigenvalue weighted by molar-refractivity contribution is 0.100. The molecule has 1 amide bonds. The Kier molecular flexibility index (Phi) is 3.15. The molecule has 0 atom stereocenters. The van der Waals surface area contributed by atoms with Crippen LogP contribution in [0.3, 0.4) is 0 Å². The first kappa shape index (κ1) is 12.3. The number of hydrogen-bond donors (Lipinski definition) is 2. The highest BCUT2D eigenvalue weighted by Crippen LogP contribution is 2.20. The van der Waals surface area contributed by atoms with Crippen LogP contribution in [0.2, 0.25) is 0 Å². The smallest absolute Gasteiger partial charge is 0.272 e. The zero-order valence-electron chi connectivity index (χ0n) is 9.13. The molecule has 2 heterocycles. The van der Waals surface area contributed by atoms with Gasteiger partial charge in [-0.15, -0.1) is 0 Å². The molecule has 0 saturated heterocycles. The summed E-state index contributed by atoms with van der Waals surface area (Å²) >= 11 is 3.05. The summed E-state index contributed by atoms with van der Waals surface area (Å²) in [4.78, 5) is 27.3. The number of pyridine rings is 2. The minimum absolute atomic E-state index is 0.0275. The van der Waals surface area contributed by atoms with E-state index < -0.39 is 11.5 Å². The highest BCUT2D eigenvalue weighted by molar-refractivity contribution is 9.10. The molecule has 0 aliphatic rings. The van der Waals surface area contributed by atoms with Gasteiger partial charge in [0, 0.05) is 12.4 Å². The van der Waals surface area contributed by atoms with Gasteiger partial charge in [0.05, 0.1) is 11.3 Å². The Morgan fingerprint density at radius 3 is 2.67 bits per heavy atom. The summed E-state index contributed by atoms with van der Waals surface area (Å²) in [5, 5.41) is 0. The second-order valence-electron chi connectivity index (χ2n) is 3.50. The molecule has 18 heavy (non-hydrogen) atoms. The molecule has 6 nitrogen and oxygen atoms in total. The molecule has 4 N–H and O–H groups in total. The molecular weight excluding hydrogens is 300 g/mol. The van der Waals surface area contributed by atoms with Crippen molar-refractivity contribution in [3.8, 4) is 5.82 Å². The Hall–Kier alpha value is -2.15. The second-order valence-corrected chi connectivity index (χ2v) is 4.29. The van der Waals surface area contributed by atoms with Crippen LogP contribution in [0.25, 0.3) is 5.82 Å². The number of hydrogen-bond acceptors (Lipinski definition) is 4. The van der Waals surface area contributed by atoms with Crippen molar-refractivity contribution in [2.45, 2.75) is 0 Å². The van der Waals surface area contributed by atoms with Crippen molar-refractivity contribution in [3.63, 3.8) is 0 Å². The van der Waals surface area contributed by atoms with Crippen LogP contribution >= 0.6 is 15.9 Å². The first-order chi connectivity index (χ1) is 8.52. The van der Waals surface area contributed by atoms with E-state index >= 15 is 0 Å². The van der Waals surface area contributed by atoms with Crippen LogP contribution in [0.1, 0.15) is 10.4 Å². The Morgan fingerprint density at radius 1 is 1.39 bits per heavy atom. The summed E-state index contributed by atoms with van der Waals surface area (Å²) in [6.07, 6.45) is 2.82. The normalized spacial score (nSPS) is 10.3. The Labute approximate surface area is 110 Å². The van der Waals surface area contributed by atoms with Crippen molar-refractivity contribution in [2.24, 2.45) is 5.73 Å². The zero-order valence-corrected chi connectivity index (χ0v) is 10.7. The molecule has 0 aliphatic carbocycles. The van der Waals surface area contributed by atoms with Gasteiger partial charge in [-0.1, -0.05) is 6.07 Å². The molecule has 0 saturated carbocycles. The average molecular weight is 309 g/mol. The van der Waals surface area contributed by atoms with Crippen LogP contribution in [-0.2, 0) is 0 Å². The number of amides is 1. The molecule has 0 aromatic carbocycles. The van der Waals surface area contributed by atoms with E-state index in [-0.39, 0.29) is 15.7 Å². The van der Waals surface area contributed by atoms with Crippen LogP contribution < -0.4 is 17.0 Å². The molecule has 2 aromatic heterocycles. The number of primary amides is 1. The molecule has 0 fully saturated rings. The third-order valence-corrected chi connectivity index (χ3v) is 3.12. The van der Waals surface area contributed by atoms with Crippen LogP contribution in [0.15, 0.2) is 39.9 Å². The predicted octanol–water partition coefficient (Wildman–Crippen LogP) is 0.676. The molecule has 0 unspecified atom stereocenters. The van der Waals surface area contributed by atoms with Gasteiger partial charge < -0.3 is 11.5 Å². The molecule has 2 aromatic rings. The molecule has 0 aliphatic heterocycles. The zero-order chi connectivity index (χ0) is 13.3. The largest absolute Gasteiger partial charge is 0.397 e. The molecule has 0 bridgehead atoms. The quantitative estimate of drug-likeness (QED) is 0.851. The van der Waals surface area contributed by atoms with Crippen molar-refractivity contribution in [1.82, 2.24) is 9.55 Å². The number of nitrogens with two attached hydrogens (primary N) is 2. The lowest BCUT2D eigenvalue weighted by atomic mass is 10.2. The summed E-state index contributed by atoms with van der Waals surface area (Å²) < 4.78 is 1.30. The van der Waals surface area contributed by atoms with Crippen molar-refractivity contribution in [3.05, 3.63) is 51.0 Å². The van der Waals surface area contributed by atoms with Gasteiger partial charge in [0.15, 0.2) is 0 Å². The van der Waals surface area contributed by atoms with Crippen molar-refractivity contribution >= 4 is 27.5 Å². The summed E-state index contributed by atoms with van der Waals surface area (Å²) in [7, 11) is 0. The van der Waals surface area contributed by atoms with E-state index in [0.717, 1.165) is 0 Å². The topological polar surface area (TPSA) is 104 Å². The highest BCUT2D eigenvalue weighted by Gasteiger charge is 2.15. The maximum atomic E-state index is 12.0. The van der Waals surface area contributed by atoms with Gasteiger partial charge in [-0.2, -0.15) is 0 Å². The molecule has 7 heteroatoms. The van der Waals surface area contributed by atoms with E-state index in [0.29, 0.717) is 5.82 Å². The minimum atomic E-state index is -0.710. The van der Waals surface area contributed by atoms with Gasteiger partial charge in [-0.25, -0.2) is 4.98 Å². The predicted molar refractivity (Wildman–Crippen MR) is 70.5 cm³/mol. The summed E-state index contributed by atoms with van der Waals surface area (Å²) in [5.74, 6) is -0.330. The van der Waals surface area contributed by atoms with E-state index in [1.165, 1.54) is 17.0 Å². The lowest BCUT2D eigenvalue weighted by Crippen LogP contribution is -2.25. The Balaban J connectivity index is 2.77. The number of anilines is 1. The van der Waals surface area contributed by atoms with E-state index in [4.69, 9.17) is 11.5 Å². The van der Waals surface area contributed by atoms with E-state index in [1.54, 1.807) is 18.2 Å². The van der Waals surface area contributed by atoms with Gasteiger partial charge in [0.2, 0.25) is 0 Å². The second kappa shape index (κ2) is 4.61. The third-order valence-electron chi connectivity index (χ3n) is 2.35. The van der Waals surface area contributed by atoms with E-state index in [1.807, 2.05) is 0 Å². The van der Waals surface area contributed by atoms with Gasteiger partial charge in [-0.3, -0.25) is 14.2 Å². The van der Waals surface area contributed by atoms with E-state index in [9.17, 15) is 9.59 Å². The number of carbonyl (C=O) groups is 1. The van der Waals surface area contributed by atoms with Gasteiger partial charge >= 0.3 is 0 Å². The average Bonchev–Trinajstić information content (AvgIpc) is 2.37. The molecule has 2 rings (SSSR count).